The minimum absolute atomic E-state index is 1.13. The van der Waals surface area contributed by atoms with Crippen molar-refractivity contribution in [3.63, 3.8) is 0 Å². The van der Waals surface area contributed by atoms with Crippen LogP contribution in [-0.2, 0) is 4.79 Å². The average Bonchev–Trinajstić information content (AvgIpc) is 1.82. The Morgan fingerprint density at radius 1 is 2.12 bits per heavy atom. The highest BCUT2D eigenvalue weighted by atomic mass is 16.5. The lowest BCUT2D eigenvalue weighted by atomic mass is 11.0. The van der Waals surface area contributed by atoms with Crippen molar-refractivity contribution in [2.75, 3.05) is 0 Å². The summed E-state index contributed by atoms with van der Waals surface area (Å²) in [7, 11) is 0. The third-order valence-electron chi connectivity index (χ3n) is 0.631. The first-order valence-corrected chi connectivity index (χ1v) is 2.17. The van der Waals surface area contributed by atoms with E-state index in [1.165, 1.54) is 0 Å². The highest BCUT2D eigenvalue weighted by Gasteiger charge is 2.07. The van der Waals surface area contributed by atoms with Crippen molar-refractivity contribution in [1.29, 1.82) is 0 Å². The highest BCUT2D eigenvalue weighted by molar-refractivity contribution is 5.72. The van der Waals surface area contributed by atoms with E-state index in [-0.39, 0.29) is 0 Å². The molecule has 0 unspecified atom stereocenters. The van der Waals surface area contributed by atoms with Crippen LogP contribution in [0.15, 0.2) is 0 Å². The van der Waals surface area contributed by atoms with Gasteiger partial charge in [0, 0.05) is 4.11 Å². The third kappa shape index (κ3) is 2.58. The summed E-state index contributed by atoms with van der Waals surface area (Å²) in [4.78, 5) is 10.2. The number of aliphatic carboxylic acids is 1. The van der Waals surface area contributed by atoms with Crippen LogP contribution in [0.5, 0.6) is 0 Å². The van der Waals surface area contributed by atoms with Crippen molar-refractivity contribution in [3.05, 3.63) is 0 Å². The lowest BCUT2D eigenvalue weighted by Crippen LogP contribution is -2.29. The smallest absolute Gasteiger partial charge is 0.320 e. The molecule has 3 heteroatoms. The molecule has 8 heavy (non-hydrogen) atoms. The molecule has 48 valence electrons. The Balaban J connectivity index is 4.25. The Hall–Kier alpha value is -0.570. The van der Waals surface area contributed by atoms with Crippen LogP contribution >= 0.6 is 0 Å². The van der Waals surface area contributed by atoms with Gasteiger partial charge in [-0.1, -0.05) is 13.3 Å². The third-order valence-corrected chi connectivity index (χ3v) is 0.631. The standard InChI is InChI=1S/C5H11NO2/c1-2-3-4(6)5(7)8/h4H,2-3,6H2,1H3,(H,7,8)/t4-/m0/s1/i2+1D2,3+1D,4+1,5+1,6+1/t3-,4+/m1. The molecule has 3 N–H and O–H groups in total. The summed E-state index contributed by atoms with van der Waals surface area (Å²) in [6.45, 7) is 1.13. The van der Waals surface area contributed by atoms with E-state index in [1.807, 2.05) is 0 Å². The van der Waals surface area contributed by atoms with E-state index < -0.39 is 24.8 Å². The van der Waals surface area contributed by atoms with Crippen molar-refractivity contribution < 1.29 is 14.0 Å². The molecule has 0 fully saturated rings. The predicted octanol–water partition coefficient (Wildman–Crippen LogP) is 0.198. The number of carboxylic acid groups (broad SMARTS) is 1. The molecule has 0 aliphatic carbocycles. The monoisotopic (exact) mass is 125 g/mol. The Morgan fingerprint density at radius 2 is 2.62 bits per heavy atom. The molecule has 3 nitrogen and oxygen atoms in total. The lowest BCUT2D eigenvalue weighted by molar-refractivity contribution is -0.138. The van der Waals surface area contributed by atoms with Gasteiger partial charge in [-0.2, -0.15) is 0 Å². The summed E-state index contributed by atoms with van der Waals surface area (Å²) in [5, 5.41) is 8.30. The summed E-state index contributed by atoms with van der Waals surface area (Å²) in [5.41, 5.74) is 5.02. The van der Waals surface area contributed by atoms with E-state index in [4.69, 9.17) is 15.0 Å². The van der Waals surface area contributed by atoms with Gasteiger partial charge >= 0.3 is 5.97 Å². The van der Waals surface area contributed by atoms with Crippen molar-refractivity contribution in [1.82, 2.24) is 0 Å². The maximum absolute atomic E-state index is 10.2. The molecule has 0 bridgehead atoms. The number of nitrogens with two attached hydrogens (primary N) is 1. The lowest BCUT2D eigenvalue weighted by Gasteiger charge is -2.00. The maximum Gasteiger partial charge on any atom is 0.320 e. The fourth-order valence-electron chi connectivity index (χ4n) is 0.251. The van der Waals surface area contributed by atoms with Crippen LogP contribution < -0.4 is 5.73 Å². The molecule has 0 saturated carbocycles. The highest BCUT2D eigenvalue weighted by Crippen LogP contribution is 1.91. The quantitative estimate of drug-likeness (QED) is 0.418. The second-order valence-corrected chi connectivity index (χ2v) is 1.32. The maximum atomic E-state index is 10.2. The van der Waals surface area contributed by atoms with Crippen molar-refractivity contribution in [2.24, 2.45) is 5.73 Å². The van der Waals surface area contributed by atoms with Gasteiger partial charge < -0.3 is 10.8 Å². The predicted molar refractivity (Wildman–Crippen MR) is 30.5 cm³/mol. The van der Waals surface area contributed by atoms with Crippen molar-refractivity contribution in [2.45, 2.75) is 25.7 Å². The van der Waals surface area contributed by atoms with Gasteiger partial charge in [-0.05, 0) is 6.40 Å². The topological polar surface area (TPSA) is 63.3 Å². The molecule has 0 aromatic carbocycles. The van der Waals surface area contributed by atoms with E-state index in [0.717, 1.165) is 6.92 Å². The van der Waals surface area contributed by atoms with Gasteiger partial charge in [-0.25, -0.2) is 0 Å². The zero-order chi connectivity index (χ0) is 9.23. The summed E-state index contributed by atoms with van der Waals surface area (Å²) in [6.07, 6.45) is -3.31. The van der Waals surface area contributed by atoms with Gasteiger partial charge in [0.05, 0.1) is 0 Å². The Morgan fingerprint density at radius 3 is 2.75 bits per heavy atom. The van der Waals surface area contributed by atoms with E-state index in [0.29, 0.717) is 0 Å². The minimum Gasteiger partial charge on any atom is -0.480 e. The molecule has 2 atom stereocenters. The summed E-state index contributed by atoms with van der Waals surface area (Å²) >= 11 is 0. The summed E-state index contributed by atoms with van der Waals surface area (Å²) in [6, 6.07) is -1.46. The summed E-state index contributed by atoms with van der Waals surface area (Å²) in [5.74, 6) is -1.35. The van der Waals surface area contributed by atoms with Crippen LogP contribution in [0.3, 0.4) is 0 Å². The molecule has 0 radical (unpaired) electrons. The number of hydrogen-bond acceptors (Lipinski definition) is 2. The van der Waals surface area contributed by atoms with Crippen LogP contribution in [0.25, 0.3) is 0 Å². The van der Waals surface area contributed by atoms with Crippen molar-refractivity contribution in [3.8, 4) is 0 Å². The van der Waals surface area contributed by atoms with Crippen LogP contribution in [0.1, 0.15) is 23.8 Å². The second-order valence-electron chi connectivity index (χ2n) is 1.32. The molecule has 0 aromatic heterocycles. The molecule has 0 heterocycles. The van der Waals surface area contributed by atoms with Gasteiger partial charge in [-0.15, -0.1) is 0 Å². The molecule has 0 saturated heterocycles. The molecular weight excluding hydrogens is 111 g/mol. The van der Waals surface area contributed by atoms with Gasteiger partial charge in [-0.3, -0.25) is 4.79 Å². The van der Waals surface area contributed by atoms with Gasteiger partial charge in [0.1, 0.15) is 6.04 Å². The molecule has 0 aliphatic rings. The van der Waals surface area contributed by atoms with Crippen molar-refractivity contribution >= 4 is 5.97 Å². The molecular formula is C5H11NO2. The van der Waals surface area contributed by atoms with Gasteiger partial charge in [0.25, 0.3) is 0 Å². The SMILES string of the molecule is [2H][13C@@H]([13C@H]([15NH2])[13C](=O)O)[13C]([2H])([2H])C. The second kappa shape index (κ2) is 3.43. The summed E-state index contributed by atoms with van der Waals surface area (Å²) < 4.78 is 21.1. The van der Waals surface area contributed by atoms with Crippen LogP contribution in [0, 0.1) is 0 Å². The zero-order valence-corrected chi connectivity index (χ0v) is 4.59. The largest absolute Gasteiger partial charge is 0.480 e. The van der Waals surface area contributed by atoms with Gasteiger partial charge in [0.2, 0.25) is 0 Å². The van der Waals surface area contributed by atoms with Gasteiger partial charge in [0.15, 0.2) is 0 Å². The van der Waals surface area contributed by atoms with E-state index >= 15 is 0 Å². The Labute approximate surface area is 52.7 Å². The number of carbonyl (C=O) groups is 1. The number of hydrogen-bond donors (Lipinski definition) is 2. The number of rotatable bonds is 3. The fourth-order valence-corrected chi connectivity index (χ4v) is 0.251. The average molecular weight is 125 g/mol. The number of carboxylic acids is 1. The first-order chi connectivity index (χ1) is 4.76. The molecule has 0 spiro atoms. The van der Waals surface area contributed by atoms with Crippen LogP contribution in [0.2, 0.25) is 0 Å². The molecule has 0 rings (SSSR count). The van der Waals surface area contributed by atoms with Crippen LogP contribution in [-0.4, -0.2) is 17.1 Å². The van der Waals surface area contributed by atoms with E-state index in [2.05, 4.69) is 0 Å². The minimum atomic E-state index is -1.88. The molecule has 0 amide bonds. The van der Waals surface area contributed by atoms with Crippen LogP contribution in [0.4, 0.5) is 0 Å². The Kier molecular flexibility index (Phi) is 1.48. The molecule has 0 aromatic rings. The normalized spacial score (nSPS) is 24.5. The van der Waals surface area contributed by atoms with E-state index in [1.54, 1.807) is 0 Å². The Bertz CT molecular complexity index is 156. The fraction of sp³-hybridized carbons (Fsp3) is 0.800. The molecule has 0 aliphatic heterocycles. The first kappa shape index (κ1) is 3.45. The van der Waals surface area contributed by atoms with E-state index in [9.17, 15) is 4.79 Å². The first-order valence-electron chi connectivity index (χ1n) is 3.75. The zero-order valence-electron chi connectivity index (χ0n) is 7.59.